The van der Waals surface area contributed by atoms with Crippen molar-refractivity contribution in [3.8, 4) is 5.75 Å². The molecule has 0 atom stereocenters. The smallest absolute Gasteiger partial charge is 0.406 e. The lowest BCUT2D eigenvalue weighted by Crippen LogP contribution is -2.39. The fourth-order valence-electron chi connectivity index (χ4n) is 4.46. The number of amides is 1. The van der Waals surface area contributed by atoms with E-state index in [4.69, 9.17) is 4.74 Å². The molecule has 2 fully saturated rings. The molecule has 2 aliphatic rings. The van der Waals surface area contributed by atoms with Gasteiger partial charge < -0.3 is 14.4 Å². The molecule has 160 valence electrons. The van der Waals surface area contributed by atoms with Crippen LogP contribution >= 0.6 is 0 Å². The molecule has 0 radical (unpaired) electrons. The van der Waals surface area contributed by atoms with E-state index >= 15 is 0 Å². The lowest BCUT2D eigenvalue weighted by atomic mass is 9.72. The fraction of sp³-hybridized carbons (Fsp3) is 0.435. The number of carbonyl (C=O) groups excluding carboxylic acids is 1. The summed E-state index contributed by atoms with van der Waals surface area (Å²) < 4.78 is 46.9. The molecular weight excluding hydrogens is 395 g/mol. The molecule has 1 spiro atoms. The van der Waals surface area contributed by atoms with Crippen LogP contribution < -0.4 is 9.64 Å². The molecule has 30 heavy (non-hydrogen) atoms. The molecule has 4 rings (SSSR count). The average Bonchev–Trinajstić information content (AvgIpc) is 3.04. The normalized spacial score (nSPS) is 24.4. The van der Waals surface area contributed by atoms with Crippen molar-refractivity contribution in [1.82, 2.24) is 0 Å². The first kappa shape index (κ1) is 20.7. The minimum absolute atomic E-state index is 0.0634. The molecule has 1 aliphatic carbocycles. The molecule has 2 aromatic rings. The van der Waals surface area contributed by atoms with E-state index in [0.29, 0.717) is 18.8 Å². The van der Waals surface area contributed by atoms with Gasteiger partial charge in [0.05, 0.1) is 18.1 Å². The number of benzene rings is 2. The van der Waals surface area contributed by atoms with Crippen molar-refractivity contribution in [3.05, 3.63) is 60.2 Å². The molecule has 0 aromatic heterocycles. The van der Waals surface area contributed by atoms with Gasteiger partial charge in [0.2, 0.25) is 5.91 Å². The van der Waals surface area contributed by atoms with Gasteiger partial charge in [-0.15, -0.1) is 13.2 Å². The van der Waals surface area contributed by atoms with Crippen LogP contribution in [0.2, 0.25) is 0 Å². The monoisotopic (exact) mass is 419 g/mol. The van der Waals surface area contributed by atoms with Gasteiger partial charge in [-0.05, 0) is 61.9 Å². The minimum Gasteiger partial charge on any atom is -0.406 e. The Balaban J connectivity index is 1.33. The van der Waals surface area contributed by atoms with Gasteiger partial charge in [-0.25, -0.2) is 0 Å². The van der Waals surface area contributed by atoms with E-state index in [1.807, 2.05) is 30.3 Å². The Bertz CT molecular complexity index is 860. The summed E-state index contributed by atoms with van der Waals surface area (Å²) in [6, 6.07) is 15.5. The summed E-state index contributed by atoms with van der Waals surface area (Å²) in [6.45, 7) is 1.15. The predicted octanol–water partition coefficient (Wildman–Crippen LogP) is 5.47. The van der Waals surface area contributed by atoms with Gasteiger partial charge in [0.25, 0.3) is 0 Å². The van der Waals surface area contributed by atoms with Crippen LogP contribution in [0.3, 0.4) is 0 Å². The van der Waals surface area contributed by atoms with Crippen molar-refractivity contribution in [3.63, 3.8) is 0 Å². The first-order valence-electron chi connectivity index (χ1n) is 10.2. The molecule has 7 heteroatoms. The van der Waals surface area contributed by atoms with Crippen LogP contribution in [0.5, 0.6) is 5.75 Å². The zero-order valence-electron chi connectivity index (χ0n) is 16.5. The first-order valence-corrected chi connectivity index (χ1v) is 10.2. The number of halogens is 3. The summed E-state index contributed by atoms with van der Waals surface area (Å²) in [7, 11) is 0. The number of carbonyl (C=O) groups is 1. The van der Waals surface area contributed by atoms with Crippen LogP contribution in [-0.2, 0) is 16.1 Å². The molecular formula is C23H24F3NO3. The number of alkyl halides is 3. The van der Waals surface area contributed by atoms with Crippen LogP contribution in [0.25, 0.3) is 0 Å². The molecule has 2 aromatic carbocycles. The third kappa shape index (κ3) is 4.61. The Morgan fingerprint density at radius 3 is 2.27 bits per heavy atom. The number of ether oxygens (including phenoxy) is 2. The topological polar surface area (TPSA) is 38.8 Å². The molecule has 1 amide bonds. The van der Waals surface area contributed by atoms with E-state index in [1.165, 1.54) is 24.3 Å². The fourth-order valence-corrected chi connectivity index (χ4v) is 4.46. The van der Waals surface area contributed by atoms with Crippen molar-refractivity contribution in [2.24, 2.45) is 5.41 Å². The van der Waals surface area contributed by atoms with E-state index < -0.39 is 6.36 Å². The van der Waals surface area contributed by atoms with E-state index in [1.54, 1.807) is 4.90 Å². The Labute approximate surface area is 173 Å². The number of anilines is 1. The van der Waals surface area contributed by atoms with Crippen LogP contribution in [0.4, 0.5) is 18.9 Å². The largest absolute Gasteiger partial charge is 0.573 e. The SMILES string of the molecule is O=C1N(c2ccc(OC(F)(F)F)cc2)CC[C@]12CC[C@H](OCc1ccccc1)CC2. The van der Waals surface area contributed by atoms with Gasteiger partial charge >= 0.3 is 6.36 Å². The highest BCUT2D eigenvalue weighted by Crippen LogP contribution is 2.46. The third-order valence-electron chi connectivity index (χ3n) is 6.11. The van der Waals surface area contributed by atoms with Crippen molar-refractivity contribution in [2.75, 3.05) is 11.4 Å². The number of rotatable bonds is 5. The molecule has 0 N–H and O–H groups in total. The highest BCUT2D eigenvalue weighted by atomic mass is 19.4. The zero-order valence-corrected chi connectivity index (χ0v) is 16.5. The lowest BCUT2D eigenvalue weighted by molar-refractivity contribution is -0.274. The maximum atomic E-state index is 13.2. The highest BCUT2D eigenvalue weighted by Gasteiger charge is 2.48. The van der Waals surface area contributed by atoms with Gasteiger partial charge in [0.15, 0.2) is 0 Å². The second kappa shape index (κ2) is 8.30. The van der Waals surface area contributed by atoms with Crippen molar-refractivity contribution in [2.45, 2.75) is 51.2 Å². The zero-order chi connectivity index (χ0) is 21.2. The van der Waals surface area contributed by atoms with Gasteiger partial charge in [0.1, 0.15) is 5.75 Å². The summed E-state index contributed by atoms with van der Waals surface area (Å²) in [4.78, 5) is 14.8. The van der Waals surface area contributed by atoms with Crippen LogP contribution in [0.1, 0.15) is 37.7 Å². The number of nitrogens with zero attached hydrogens (tertiary/aromatic N) is 1. The molecule has 0 unspecified atom stereocenters. The van der Waals surface area contributed by atoms with Crippen LogP contribution in [-0.4, -0.2) is 24.9 Å². The van der Waals surface area contributed by atoms with Crippen LogP contribution in [0, 0.1) is 5.41 Å². The summed E-state index contributed by atoms with van der Waals surface area (Å²) in [6.07, 6.45) is -0.589. The predicted molar refractivity (Wildman–Crippen MR) is 106 cm³/mol. The maximum absolute atomic E-state index is 13.2. The summed E-state index contributed by atoms with van der Waals surface area (Å²) in [5.74, 6) is -0.225. The molecule has 1 saturated carbocycles. The Hall–Kier alpha value is -2.54. The van der Waals surface area contributed by atoms with Crippen molar-refractivity contribution < 1.29 is 27.4 Å². The Kier molecular flexibility index (Phi) is 5.73. The second-order valence-electron chi connectivity index (χ2n) is 8.02. The minimum atomic E-state index is -4.73. The van der Waals surface area contributed by atoms with E-state index in [9.17, 15) is 18.0 Å². The average molecular weight is 419 g/mol. The van der Waals surface area contributed by atoms with Crippen molar-refractivity contribution in [1.29, 1.82) is 0 Å². The molecule has 0 bridgehead atoms. The standard InChI is InChI=1S/C23H24F3NO3/c24-23(25,26)30-20-8-6-18(7-9-20)27-15-14-22(21(27)28)12-10-19(11-13-22)29-16-17-4-2-1-3-5-17/h1-9,19H,10-16H2/t19-,22+. The number of hydrogen-bond donors (Lipinski definition) is 0. The van der Waals surface area contributed by atoms with Crippen molar-refractivity contribution >= 4 is 11.6 Å². The highest BCUT2D eigenvalue weighted by molar-refractivity contribution is 6.00. The van der Waals surface area contributed by atoms with Crippen LogP contribution in [0.15, 0.2) is 54.6 Å². The second-order valence-corrected chi connectivity index (χ2v) is 8.02. The molecule has 1 aliphatic heterocycles. The Morgan fingerprint density at radius 2 is 1.63 bits per heavy atom. The van der Waals surface area contributed by atoms with Gasteiger partial charge in [-0.3, -0.25) is 4.79 Å². The summed E-state index contributed by atoms with van der Waals surface area (Å²) >= 11 is 0. The molecule has 1 saturated heterocycles. The summed E-state index contributed by atoms with van der Waals surface area (Å²) in [5.41, 5.74) is 1.36. The first-order chi connectivity index (χ1) is 14.3. The van der Waals surface area contributed by atoms with E-state index in [0.717, 1.165) is 37.7 Å². The Morgan fingerprint density at radius 1 is 0.967 bits per heavy atom. The van der Waals surface area contributed by atoms with E-state index in [-0.39, 0.29) is 23.2 Å². The van der Waals surface area contributed by atoms with E-state index in [2.05, 4.69) is 4.74 Å². The quantitative estimate of drug-likeness (QED) is 0.645. The lowest BCUT2D eigenvalue weighted by Gasteiger charge is -2.35. The van der Waals surface area contributed by atoms with Gasteiger partial charge in [0, 0.05) is 12.2 Å². The maximum Gasteiger partial charge on any atom is 0.573 e. The third-order valence-corrected chi connectivity index (χ3v) is 6.11. The summed E-state index contributed by atoms with van der Waals surface area (Å²) in [5, 5.41) is 0. The molecule has 1 heterocycles. The molecule has 4 nitrogen and oxygen atoms in total. The van der Waals surface area contributed by atoms with Gasteiger partial charge in [-0.1, -0.05) is 30.3 Å². The van der Waals surface area contributed by atoms with Gasteiger partial charge in [-0.2, -0.15) is 0 Å². The number of hydrogen-bond acceptors (Lipinski definition) is 3.